The lowest BCUT2D eigenvalue weighted by molar-refractivity contribution is 0.620. The third-order valence-electron chi connectivity index (χ3n) is 6.63. The minimum absolute atomic E-state index is 1.28. The van der Waals surface area contributed by atoms with Gasteiger partial charge in [-0.1, -0.05) is 100.0 Å². The lowest BCUT2D eigenvalue weighted by Crippen LogP contribution is -1.80. The second kappa shape index (κ2) is 26.2. The van der Waals surface area contributed by atoms with Crippen molar-refractivity contribution in [3.8, 4) is 0 Å². The lowest BCUT2D eigenvalue weighted by atomic mass is 10.1. The summed E-state index contributed by atoms with van der Waals surface area (Å²) in [5, 5.41) is 0. The van der Waals surface area contributed by atoms with E-state index in [9.17, 15) is 0 Å². The molecular formula is C32H56. The molecule has 0 heterocycles. The van der Waals surface area contributed by atoms with Crippen LogP contribution in [0.5, 0.6) is 0 Å². The van der Waals surface area contributed by atoms with Crippen LogP contribution in [-0.4, -0.2) is 0 Å². The highest BCUT2D eigenvalue weighted by Gasteiger charge is 1.92. The Morgan fingerprint density at radius 3 is 0.469 bits per heavy atom. The molecule has 1 rings (SSSR count). The highest BCUT2D eigenvalue weighted by Crippen LogP contribution is 2.12. The van der Waals surface area contributed by atoms with Gasteiger partial charge in [-0.3, -0.25) is 0 Å². The molecule has 184 valence electrons. The molecule has 0 saturated heterocycles. The predicted molar refractivity (Wildman–Crippen MR) is 147 cm³/mol. The summed E-state index contributed by atoms with van der Waals surface area (Å²) in [5.74, 6) is 0. The minimum Gasteiger partial charge on any atom is -0.0885 e. The van der Waals surface area contributed by atoms with Crippen LogP contribution in [0.25, 0.3) is 0 Å². The van der Waals surface area contributed by atoms with Crippen LogP contribution in [0.2, 0.25) is 0 Å². The largest absolute Gasteiger partial charge is 0.0885 e. The monoisotopic (exact) mass is 440 g/mol. The van der Waals surface area contributed by atoms with Gasteiger partial charge in [0.25, 0.3) is 0 Å². The van der Waals surface area contributed by atoms with Crippen LogP contribution in [-0.2, 0) is 0 Å². The van der Waals surface area contributed by atoms with Crippen LogP contribution in [0.4, 0.5) is 0 Å². The fraction of sp³-hybridized carbons (Fsp3) is 0.750. The first kappa shape index (κ1) is 29.0. The van der Waals surface area contributed by atoms with E-state index in [4.69, 9.17) is 0 Å². The molecule has 0 nitrogen and oxygen atoms in total. The highest BCUT2D eigenvalue weighted by atomic mass is 14.0. The molecule has 0 aliphatic heterocycles. The average molecular weight is 441 g/mol. The summed E-state index contributed by atoms with van der Waals surface area (Å²) in [6.45, 7) is 0. The van der Waals surface area contributed by atoms with Gasteiger partial charge in [0, 0.05) is 0 Å². The first-order valence-electron chi connectivity index (χ1n) is 14.6. The summed E-state index contributed by atoms with van der Waals surface area (Å²) >= 11 is 0. The Morgan fingerprint density at radius 2 is 0.281 bits per heavy atom. The van der Waals surface area contributed by atoms with Gasteiger partial charge in [-0.05, 0) is 103 Å². The zero-order valence-corrected chi connectivity index (χ0v) is 21.6. The average Bonchev–Trinajstić information content (AvgIpc) is 2.80. The Bertz CT molecular complexity index is 464. The quantitative estimate of drug-likeness (QED) is 0.328. The minimum atomic E-state index is 1.28. The van der Waals surface area contributed by atoms with Crippen molar-refractivity contribution < 1.29 is 0 Å². The van der Waals surface area contributed by atoms with E-state index in [0.717, 1.165) is 0 Å². The third kappa shape index (κ3) is 23.6. The number of hydrogen-bond acceptors (Lipinski definition) is 0. The fourth-order valence-corrected chi connectivity index (χ4v) is 4.45. The molecule has 32 heavy (non-hydrogen) atoms. The molecule has 1 aliphatic rings. The predicted octanol–water partition coefficient (Wildman–Crippen LogP) is 11.6. The Labute approximate surface area is 202 Å². The van der Waals surface area contributed by atoms with E-state index in [1.807, 2.05) is 0 Å². The molecule has 0 aromatic carbocycles. The van der Waals surface area contributed by atoms with Gasteiger partial charge in [0.2, 0.25) is 0 Å². The smallest absolute Gasteiger partial charge is 0.0351 e. The highest BCUT2D eigenvalue weighted by molar-refractivity contribution is 4.84. The number of rotatable bonds is 0. The molecule has 0 aromatic rings. The van der Waals surface area contributed by atoms with E-state index in [0.29, 0.717) is 0 Å². The summed E-state index contributed by atoms with van der Waals surface area (Å²) in [4.78, 5) is 0. The SMILES string of the molecule is C1=C\CCCCCC/C=C\CCCCCC/C=C\CCCCCCC/C=C\CCCCC/1. The van der Waals surface area contributed by atoms with E-state index in [1.165, 1.54) is 154 Å². The van der Waals surface area contributed by atoms with Crippen molar-refractivity contribution in [1.82, 2.24) is 0 Å². The van der Waals surface area contributed by atoms with Gasteiger partial charge < -0.3 is 0 Å². The Morgan fingerprint density at radius 1 is 0.156 bits per heavy atom. The number of hydrogen-bond donors (Lipinski definition) is 0. The topological polar surface area (TPSA) is 0 Å². The van der Waals surface area contributed by atoms with Crippen LogP contribution in [0, 0.1) is 0 Å². The molecule has 0 bridgehead atoms. The lowest BCUT2D eigenvalue weighted by Gasteiger charge is -2.00. The van der Waals surface area contributed by atoms with Crippen molar-refractivity contribution in [1.29, 1.82) is 0 Å². The van der Waals surface area contributed by atoms with Crippen LogP contribution in [0.3, 0.4) is 0 Å². The maximum absolute atomic E-state index is 2.44. The van der Waals surface area contributed by atoms with Crippen molar-refractivity contribution in [2.75, 3.05) is 0 Å². The maximum Gasteiger partial charge on any atom is -0.0351 e. The summed E-state index contributed by atoms with van der Waals surface area (Å²) in [5.41, 5.74) is 0. The van der Waals surface area contributed by atoms with Crippen molar-refractivity contribution in [2.24, 2.45) is 0 Å². The second-order valence-corrected chi connectivity index (χ2v) is 9.85. The number of allylic oxidation sites excluding steroid dienone is 8. The molecule has 0 radical (unpaired) electrons. The van der Waals surface area contributed by atoms with E-state index in [1.54, 1.807) is 0 Å². The second-order valence-electron chi connectivity index (χ2n) is 9.85. The normalized spacial score (nSPS) is 26.0. The molecule has 0 N–H and O–H groups in total. The fourth-order valence-electron chi connectivity index (χ4n) is 4.45. The molecule has 0 fully saturated rings. The van der Waals surface area contributed by atoms with Crippen molar-refractivity contribution in [3.63, 3.8) is 0 Å². The zero-order chi connectivity index (χ0) is 22.6. The van der Waals surface area contributed by atoms with Gasteiger partial charge in [0.1, 0.15) is 0 Å². The van der Waals surface area contributed by atoms with Crippen molar-refractivity contribution >= 4 is 0 Å². The van der Waals surface area contributed by atoms with Gasteiger partial charge in [0.15, 0.2) is 0 Å². The Hall–Kier alpha value is -1.04. The standard InChI is InChI=1S/C32H56/c1-2-4-6-8-10-12-14-16-18-20-22-24-26-28-30-32-31-29-27-25-23-21-19-17-15-13-11-9-7-5-3-1/h1-2,13,15-16,18,31-32H,3-12,14,17,19-30H2/b2-1-,15-13-,18-16-,32-31-. The molecule has 0 unspecified atom stereocenters. The van der Waals surface area contributed by atoms with Crippen molar-refractivity contribution in [2.45, 2.75) is 154 Å². The summed E-state index contributed by atoms with van der Waals surface area (Å²) < 4.78 is 0. The molecule has 0 heteroatoms. The molecule has 0 spiro atoms. The Balaban J connectivity index is 2.13. The van der Waals surface area contributed by atoms with E-state index in [2.05, 4.69) is 48.6 Å². The molecule has 0 aromatic heterocycles. The van der Waals surface area contributed by atoms with Crippen LogP contribution >= 0.6 is 0 Å². The van der Waals surface area contributed by atoms with Gasteiger partial charge >= 0.3 is 0 Å². The van der Waals surface area contributed by atoms with Gasteiger partial charge in [-0.2, -0.15) is 0 Å². The first-order valence-corrected chi connectivity index (χ1v) is 14.6. The first-order chi connectivity index (χ1) is 16.0. The van der Waals surface area contributed by atoms with Gasteiger partial charge in [0.05, 0.1) is 0 Å². The summed E-state index contributed by atoms with van der Waals surface area (Å²) in [6, 6.07) is 0. The van der Waals surface area contributed by atoms with Gasteiger partial charge in [-0.25, -0.2) is 0 Å². The molecule has 1 aliphatic carbocycles. The molecule has 0 atom stereocenters. The molecule has 0 amide bonds. The third-order valence-corrected chi connectivity index (χ3v) is 6.63. The van der Waals surface area contributed by atoms with E-state index in [-0.39, 0.29) is 0 Å². The van der Waals surface area contributed by atoms with E-state index < -0.39 is 0 Å². The van der Waals surface area contributed by atoms with E-state index >= 15 is 0 Å². The van der Waals surface area contributed by atoms with Crippen LogP contribution < -0.4 is 0 Å². The van der Waals surface area contributed by atoms with Crippen LogP contribution in [0.1, 0.15) is 154 Å². The van der Waals surface area contributed by atoms with Crippen molar-refractivity contribution in [3.05, 3.63) is 48.6 Å². The van der Waals surface area contributed by atoms with Gasteiger partial charge in [-0.15, -0.1) is 0 Å². The Kier molecular flexibility index (Phi) is 23.8. The maximum atomic E-state index is 2.44. The summed E-state index contributed by atoms with van der Waals surface area (Å²) in [6.07, 6.45) is 52.0. The molecule has 0 saturated carbocycles. The summed E-state index contributed by atoms with van der Waals surface area (Å²) in [7, 11) is 0. The van der Waals surface area contributed by atoms with Crippen LogP contribution in [0.15, 0.2) is 48.6 Å². The molecular weight excluding hydrogens is 384 g/mol. The zero-order valence-electron chi connectivity index (χ0n) is 21.6.